The van der Waals surface area contributed by atoms with E-state index in [1.54, 1.807) is 18.7 Å². The molecule has 0 aromatic carbocycles. The summed E-state index contributed by atoms with van der Waals surface area (Å²) in [4.78, 5) is 34.4. The molecule has 1 atom stereocenters. The molecule has 164 valence electrons. The van der Waals surface area contributed by atoms with Crippen LogP contribution in [0.1, 0.15) is 17.7 Å². The topological polar surface area (TPSA) is 119 Å². The lowest BCUT2D eigenvalue weighted by molar-refractivity contribution is -0.137. The molecule has 0 saturated carbocycles. The molecule has 10 nitrogen and oxygen atoms in total. The van der Waals surface area contributed by atoms with E-state index in [9.17, 15) is 4.79 Å². The Bertz CT molecular complexity index is 1300. The number of hydrogen-bond acceptors (Lipinski definition) is 7. The number of nitrogens with zero attached hydrogens (tertiary/aromatic N) is 6. The number of hydrogen-bond donors (Lipinski definition) is 3. The Labute approximate surface area is 184 Å². The van der Waals surface area contributed by atoms with Gasteiger partial charge in [-0.05, 0) is 37.9 Å². The average Bonchev–Trinajstić information content (AvgIpc) is 3.43. The molecule has 0 radical (unpaired) electrons. The zero-order valence-corrected chi connectivity index (χ0v) is 17.9. The highest BCUT2D eigenvalue weighted by Crippen LogP contribution is 2.35. The first kappa shape index (κ1) is 19.2. The molecule has 4 aromatic rings. The predicted octanol–water partition coefficient (Wildman–Crippen LogP) is 1.85. The fourth-order valence-electron chi connectivity index (χ4n) is 4.86. The molecule has 4 aromatic heterocycles. The molecule has 1 unspecified atom stereocenters. The molecule has 6 rings (SSSR count). The number of rotatable bonds is 3. The summed E-state index contributed by atoms with van der Waals surface area (Å²) in [5, 5.41) is 12.2. The number of anilines is 2. The number of H-pyrrole nitrogens is 2. The number of piperazine rings is 1. The van der Waals surface area contributed by atoms with Crippen LogP contribution in [-0.4, -0.2) is 79.1 Å². The summed E-state index contributed by atoms with van der Waals surface area (Å²) in [6, 6.07) is 1.94. The van der Waals surface area contributed by atoms with Gasteiger partial charge in [-0.25, -0.2) is 15.0 Å². The number of carbonyl (C=O) groups excluding carboxylic acids is 1. The summed E-state index contributed by atoms with van der Waals surface area (Å²) >= 11 is 0. The maximum absolute atomic E-state index is 13.2. The fraction of sp³-hybridized carbons (Fsp3) is 0.409. The van der Waals surface area contributed by atoms with Crippen LogP contribution < -0.4 is 5.32 Å². The number of fused-ring (bicyclic) bond motifs is 4. The third kappa shape index (κ3) is 3.27. The van der Waals surface area contributed by atoms with Crippen LogP contribution >= 0.6 is 0 Å². The lowest BCUT2D eigenvalue weighted by Crippen LogP contribution is -2.49. The van der Waals surface area contributed by atoms with Gasteiger partial charge < -0.3 is 20.1 Å². The molecule has 32 heavy (non-hydrogen) atoms. The average molecular weight is 432 g/mol. The molecule has 1 aliphatic heterocycles. The summed E-state index contributed by atoms with van der Waals surface area (Å²) in [7, 11) is 2.11. The number of aromatic amines is 2. The Morgan fingerprint density at radius 2 is 2.03 bits per heavy atom. The van der Waals surface area contributed by atoms with Crippen molar-refractivity contribution in [2.75, 3.05) is 38.5 Å². The highest BCUT2D eigenvalue weighted by Gasteiger charge is 2.32. The molecular formula is C22H25N9O. The first-order valence-corrected chi connectivity index (χ1v) is 11.0. The second-order valence-corrected chi connectivity index (χ2v) is 8.75. The summed E-state index contributed by atoms with van der Waals surface area (Å²) in [6.45, 7) is 3.49. The van der Waals surface area contributed by atoms with E-state index in [4.69, 9.17) is 0 Å². The number of aromatic nitrogens is 6. The van der Waals surface area contributed by atoms with Crippen molar-refractivity contribution < 1.29 is 4.79 Å². The lowest BCUT2D eigenvalue weighted by Gasteiger charge is -2.35. The standard InChI is InChI=1S/C22H25N9O/c1-30-4-6-31(7-5-30)22(32)13-2-3-16-15(8-13)19-20(27-16)24-12-25-21(19)28-18-9-14-10-26-29-17(14)11-23-18/h9-13H,2-8H2,1H3,(H,26,29)(H2,23,24,25,27,28). The summed E-state index contributed by atoms with van der Waals surface area (Å²) < 4.78 is 0. The zero-order valence-electron chi connectivity index (χ0n) is 17.9. The van der Waals surface area contributed by atoms with E-state index in [0.29, 0.717) is 18.1 Å². The number of amides is 1. The second kappa shape index (κ2) is 7.56. The van der Waals surface area contributed by atoms with Crippen molar-refractivity contribution in [1.82, 2.24) is 39.9 Å². The van der Waals surface area contributed by atoms with Gasteiger partial charge >= 0.3 is 0 Å². The molecule has 1 amide bonds. The van der Waals surface area contributed by atoms with Crippen LogP contribution in [0, 0.1) is 5.92 Å². The van der Waals surface area contributed by atoms with Gasteiger partial charge in [0, 0.05) is 43.2 Å². The maximum atomic E-state index is 13.2. The monoisotopic (exact) mass is 431 g/mol. The van der Waals surface area contributed by atoms with Gasteiger partial charge in [0.05, 0.1) is 23.3 Å². The van der Waals surface area contributed by atoms with Crippen molar-refractivity contribution in [3.63, 3.8) is 0 Å². The van der Waals surface area contributed by atoms with Crippen LogP contribution in [0.4, 0.5) is 11.6 Å². The van der Waals surface area contributed by atoms with Gasteiger partial charge in [-0.3, -0.25) is 9.89 Å². The van der Waals surface area contributed by atoms with Gasteiger partial charge in [-0.2, -0.15) is 5.10 Å². The van der Waals surface area contributed by atoms with Crippen LogP contribution in [0.2, 0.25) is 0 Å². The Kier molecular flexibility index (Phi) is 4.53. The van der Waals surface area contributed by atoms with Crippen LogP contribution in [0.5, 0.6) is 0 Å². The van der Waals surface area contributed by atoms with Gasteiger partial charge in [0.1, 0.15) is 23.6 Å². The maximum Gasteiger partial charge on any atom is 0.226 e. The van der Waals surface area contributed by atoms with Crippen molar-refractivity contribution in [3.05, 3.63) is 36.0 Å². The molecule has 1 saturated heterocycles. The fourth-order valence-corrected chi connectivity index (χ4v) is 4.86. The molecule has 0 spiro atoms. The Balaban J connectivity index is 1.31. The van der Waals surface area contributed by atoms with Crippen LogP contribution in [0.3, 0.4) is 0 Å². The Morgan fingerprint density at radius 3 is 2.91 bits per heavy atom. The van der Waals surface area contributed by atoms with Crippen LogP contribution in [0.15, 0.2) is 24.8 Å². The van der Waals surface area contributed by atoms with Crippen LogP contribution in [0.25, 0.3) is 21.9 Å². The normalized spacial score (nSPS) is 19.4. The minimum absolute atomic E-state index is 0.00151. The Hall–Kier alpha value is -3.53. The highest BCUT2D eigenvalue weighted by molar-refractivity contribution is 5.94. The van der Waals surface area contributed by atoms with Gasteiger partial charge in [-0.1, -0.05) is 0 Å². The summed E-state index contributed by atoms with van der Waals surface area (Å²) in [5.41, 5.74) is 3.98. The molecule has 5 heterocycles. The quantitative estimate of drug-likeness (QED) is 0.453. The molecule has 1 fully saturated rings. The van der Waals surface area contributed by atoms with Gasteiger partial charge in [0.15, 0.2) is 0 Å². The van der Waals surface area contributed by atoms with E-state index in [-0.39, 0.29) is 11.8 Å². The van der Waals surface area contributed by atoms with E-state index in [0.717, 1.165) is 72.2 Å². The van der Waals surface area contributed by atoms with E-state index in [2.05, 4.69) is 47.4 Å². The van der Waals surface area contributed by atoms with Crippen LogP contribution in [-0.2, 0) is 17.6 Å². The van der Waals surface area contributed by atoms with Gasteiger partial charge in [0.2, 0.25) is 5.91 Å². The first-order valence-electron chi connectivity index (χ1n) is 11.0. The number of carbonyl (C=O) groups is 1. The third-order valence-electron chi connectivity index (χ3n) is 6.71. The molecule has 10 heteroatoms. The number of aryl methyl sites for hydroxylation is 1. The van der Waals surface area contributed by atoms with Crippen molar-refractivity contribution in [1.29, 1.82) is 0 Å². The smallest absolute Gasteiger partial charge is 0.226 e. The molecule has 2 aliphatic rings. The number of pyridine rings is 1. The molecular weight excluding hydrogens is 406 g/mol. The molecule has 1 aliphatic carbocycles. The lowest BCUT2D eigenvalue weighted by atomic mass is 9.85. The highest BCUT2D eigenvalue weighted by atomic mass is 16.2. The van der Waals surface area contributed by atoms with Gasteiger partial charge in [-0.15, -0.1) is 0 Å². The van der Waals surface area contributed by atoms with E-state index in [1.807, 2.05) is 11.0 Å². The van der Waals surface area contributed by atoms with Crippen molar-refractivity contribution in [2.24, 2.45) is 5.92 Å². The van der Waals surface area contributed by atoms with Crippen molar-refractivity contribution >= 4 is 39.5 Å². The van der Waals surface area contributed by atoms with Crippen molar-refractivity contribution in [2.45, 2.75) is 19.3 Å². The summed E-state index contributed by atoms with van der Waals surface area (Å²) in [5.74, 6) is 1.67. The minimum atomic E-state index is -0.00151. The SMILES string of the molecule is CN1CCN(C(=O)C2CCc3[nH]c4ncnc(Nc5cc6cn[nH]c6cn5)c4c3C2)CC1. The van der Waals surface area contributed by atoms with E-state index >= 15 is 0 Å². The zero-order chi connectivity index (χ0) is 21.7. The summed E-state index contributed by atoms with van der Waals surface area (Å²) in [6.07, 6.45) is 7.48. The van der Waals surface area contributed by atoms with Crippen molar-refractivity contribution in [3.8, 4) is 0 Å². The first-order chi connectivity index (χ1) is 15.7. The largest absolute Gasteiger partial charge is 0.343 e. The number of nitrogens with one attached hydrogen (secondary N) is 3. The predicted molar refractivity (Wildman–Crippen MR) is 121 cm³/mol. The Morgan fingerprint density at radius 1 is 1.16 bits per heavy atom. The molecule has 0 bridgehead atoms. The van der Waals surface area contributed by atoms with E-state index in [1.165, 1.54) is 0 Å². The third-order valence-corrected chi connectivity index (χ3v) is 6.71. The van der Waals surface area contributed by atoms with E-state index < -0.39 is 0 Å². The number of likely N-dealkylation sites (N-methyl/N-ethyl adjacent to an activating group) is 1. The molecule has 3 N–H and O–H groups in total. The van der Waals surface area contributed by atoms with Gasteiger partial charge in [0.25, 0.3) is 0 Å². The second-order valence-electron chi connectivity index (χ2n) is 8.75. The minimum Gasteiger partial charge on any atom is -0.343 e.